The van der Waals surface area contributed by atoms with E-state index < -0.39 is 11.9 Å². The van der Waals surface area contributed by atoms with E-state index in [1.54, 1.807) is 23.9 Å². The summed E-state index contributed by atoms with van der Waals surface area (Å²) < 4.78 is 8.72. The number of rotatable bonds is 8. The summed E-state index contributed by atoms with van der Waals surface area (Å²) in [6.45, 7) is 2.05. The van der Waals surface area contributed by atoms with Crippen molar-refractivity contribution in [3.63, 3.8) is 0 Å². The van der Waals surface area contributed by atoms with Crippen LogP contribution in [0.3, 0.4) is 0 Å². The van der Waals surface area contributed by atoms with Crippen molar-refractivity contribution in [1.29, 1.82) is 0 Å². The molecule has 1 amide bonds. The Balaban J connectivity index is 1.39. The van der Waals surface area contributed by atoms with Gasteiger partial charge in [-0.05, 0) is 30.7 Å². The van der Waals surface area contributed by atoms with Crippen LogP contribution in [0.4, 0.5) is 5.82 Å². The maximum absolute atomic E-state index is 12.3. The second-order valence-corrected chi connectivity index (χ2v) is 8.77. The van der Waals surface area contributed by atoms with Crippen LogP contribution in [-0.4, -0.2) is 43.6 Å². The lowest BCUT2D eigenvalue weighted by Crippen LogP contribution is -2.22. The summed E-state index contributed by atoms with van der Waals surface area (Å²) in [5, 5.41) is 8.09. The highest BCUT2D eigenvalue weighted by Crippen LogP contribution is 2.27. The largest absolute Gasteiger partial charge is 0.455 e. The van der Waals surface area contributed by atoms with Crippen LogP contribution in [-0.2, 0) is 27.9 Å². The van der Waals surface area contributed by atoms with E-state index in [2.05, 4.69) is 15.4 Å². The van der Waals surface area contributed by atoms with Crippen molar-refractivity contribution in [3.8, 4) is 0 Å². The number of fused-ring (bicyclic) bond motifs is 1. The summed E-state index contributed by atoms with van der Waals surface area (Å²) in [6, 6.07) is 17.3. The third-order valence-corrected chi connectivity index (χ3v) is 6.00. The smallest absolute Gasteiger partial charge is 0.316 e. The topological polar surface area (TPSA) is 91.0 Å². The molecule has 2 aromatic heterocycles. The first-order valence-corrected chi connectivity index (χ1v) is 11.5. The highest BCUT2D eigenvalue weighted by atomic mass is 35.5. The lowest BCUT2D eigenvalue weighted by atomic mass is 10.2. The Morgan fingerprint density at radius 1 is 1.15 bits per heavy atom. The summed E-state index contributed by atoms with van der Waals surface area (Å²) in [5.74, 6) is -0.379. The number of amides is 1. The number of nitrogens with one attached hydrogen (secondary N) is 1. The molecule has 4 aromatic rings. The van der Waals surface area contributed by atoms with Crippen LogP contribution in [0.2, 0.25) is 5.02 Å². The molecule has 0 saturated carbocycles. The van der Waals surface area contributed by atoms with Crippen LogP contribution < -0.4 is 5.32 Å². The van der Waals surface area contributed by atoms with Gasteiger partial charge in [0, 0.05) is 18.1 Å². The number of ether oxygens (including phenoxy) is 1. The van der Waals surface area contributed by atoms with Crippen LogP contribution in [0.1, 0.15) is 11.3 Å². The third kappa shape index (κ3) is 5.74. The zero-order valence-corrected chi connectivity index (χ0v) is 19.7. The van der Waals surface area contributed by atoms with E-state index in [-0.39, 0.29) is 12.4 Å². The Kier molecular flexibility index (Phi) is 7.00. The van der Waals surface area contributed by atoms with Crippen molar-refractivity contribution in [2.24, 2.45) is 7.05 Å². The molecule has 2 heterocycles. The molecule has 2 aromatic carbocycles. The molecule has 0 aliphatic rings. The molecule has 0 fully saturated rings. The quantitative estimate of drug-likeness (QED) is 0.300. The van der Waals surface area contributed by atoms with E-state index in [4.69, 9.17) is 16.3 Å². The number of nitrogens with zero attached hydrogens (tertiary/aromatic N) is 4. The molecular formula is C23H22ClN5O3S. The first-order valence-electron chi connectivity index (χ1n) is 10.2. The van der Waals surface area contributed by atoms with Gasteiger partial charge in [-0.2, -0.15) is 5.10 Å². The number of carbonyl (C=O) groups is 2. The lowest BCUT2D eigenvalue weighted by Gasteiger charge is -2.09. The zero-order chi connectivity index (χ0) is 23.4. The van der Waals surface area contributed by atoms with E-state index in [0.29, 0.717) is 22.5 Å². The minimum atomic E-state index is -0.507. The monoisotopic (exact) mass is 483 g/mol. The minimum Gasteiger partial charge on any atom is -0.455 e. The fourth-order valence-electron chi connectivity index (χ4n) is 3.33. The molecule has 0 spiro atoms. The maximum atomic E-state index is 12.3. The number of esters is 1. The molecule has 0 saturated heterocycles. The van der Waals surface area contributed by atoms with E-state index in [0.717, 1.165) is 22.3 Å². The predicted molar refractivity (Wildman–Crippen MR) is 129 cm³/mol. The molecule has 1 N–H and O–H groups in total. The van der Waals surface area contributed by atoms with Gasteiger partial charge >= 0.3 is 5.97 Å². The number of hydrogen-bond donors (Lipinski definition) is 1. The van der Waals surface area contributed by atoms with E-state index in [1.165, 1.54) is 11.8 Å². The normalized spacial score (nSPS) is 11.0. The molecule has 0 aliphatic heterocycles. The molecule has 0 aliphatic carbocycles. The van der Waals surface area contributed by atoms with Crippen molar-refractivity contribution in [2.75, 3.05) is 17.7 Å². The predicted octanol–water partition coefficient (Wildman–Crippen LogP) is 4.05. The maximum Gasteiger partial charge on any atom is 0.316 e. The minimum absolute atomic E-state index is 0.0178. The molecule has 0 bridgehead atoms. The molecule has 4 rings (SSSR count). The lowest BCUT2D eigenvalue weighted by molar-refractivity contribution is -0.144. The molecule has 8 nitrogen and oxygen atoms in total. The van der Waals surface area contributed by atoms with Crippen molar-refractivity contribution < 1.29 is 14.3 Å². The Morgan fingerprint density at radius 3 is 2.67 bits per heavy atom. The van der Waals surface area contributed by atoms with E-state index in [9.17, 15) is 9.59 Å². The summed E-state index contributed by atoms with van der Waals surface area (Å²) >= 11 is 7.39. The van der Waals surface area contributed by atoms with E-state index >= 15 is 0 Å². The molecule has 10 heteroatoms. The van der Waals surface area contributed by atoms with Crippen molar-refractivity contribution in [2.45, 2.75) is 18.6 Å². The van der Waals surface area contributed by atoms with Crippen LogP contribution in [0.15, 0.2) is 59.8 Å². The van der Waals surface area contributed by atoms with Crippen LogP contribution in [0.5, 0.6) is 0 Å². The number of aryl methyl sites for hydroxylation is 2. The van der Waals surface area contributed by atoms with Gasteiger partial charge in [0.15, 0.2) is 11.8 Å². The first kappa shape index (κ1) is 22.9. The second-order valence-electron chi connectivity index (χ2n) is 7.39. The number of imidazole rings is 1. The number of benzene rings is 2. The fraction of sp³-hybridized carbons (Fsp3) is 0.217. The first-order chi connectivity index (χ1) is 15.9. The number of aromatic nitrogens is 4. The standard InChI is InChI=1S/C23H22ClN5O3S/c1-15-10-20(28(2)27-15)26-21(30)13-32-22(31)14-33-23-25-18-11-17(24)8-9-19(18)29(23)12-16-6-4-3-5-7-16/h3-11H,12-14H2,1-2H3,(H,26,30). The number of thioether (sulfide) groups is 1. The average molecular weight is 484 g/mol. The van der Waals surface area contributed by atoms with Gasteiger partial charge in [-0.1, -0.05) is 53.7 Å². The molecular weight excluding hydrogens is 462 g/mol. The Morgan fingerprint density at radius 2 is 1.94 bits per heavy atom. The fourth-order valence-corrected chi connectivity index (χ4v) is 4.31. The highest BCUT2D eigenvalue weighted by molar-refractivity contribution is 7.99. The van der Waals surface area contributed by atoms with Crippen LogP contribution in [0, 0.1) is 6.92 Å². The van der Waals surface area contributed by atoms with Gasteiger partial charge in [0.1, 0.15) is 5.82 Å². The average Bonchev–Trinajstić information content (AvgIpc) is 3.29. The summed E-state index contributed by atoms with van der Waals surface area (Å²) in [7, 11) is 1.72. The van der Waals surface area contributed by atoms with Gasteiger partial charge in [-0.25, -0.2) is 4.98 Å². The zero-order valence-electron chi connectivity index (χ0n) is 18.1. The number of anilines is 1. The van der Waals surface area contributed by atoms with Gasteiger partial charge in [0.25, 0.3) is 5.91 Å². The highest BCUT2D eigenvalue weighted by Gasteiger charge is 2.16. The van der Waals surface area contributed by atoms with Crippen molar-refractivity contribution >= 4 is 52.1 Å². The van der Waals surface area contributed by atoms with Gasteiger partial charge in [-0.3, -0.25) is 14.3 Å². The van der Waals surface area contributed by atoms with Gasteiger partial charge in [-0.15, -0.1) is 0 Å². The van der Waals surface area contributed by atoms with Crippen LogP contribution in [0.25, 0.3) is 11.0 Å². The van der Waals surface area contributed by atoms with Crippen molar-refractivity contribution in [3.05, 3.63) is 70.9 Å². The molecule has 170 valence electrons. The van der Waals surface area contributed by atoms with E-state index in [1.807, 2.05) is 54.0 Å². The second kappa shape index (κ2) is 10.1. The summed E-state index contributed by atoms with van der Waals surface area (Å²) in [6.07, 6.45) is 0. The number of halogens is 1. The van der Waals surface area contributed by atoms with Crippen molar-refractivity contribution in [1.82, 2.24) is 19.3 Å². The van der Waals surface area contributed by atoms with Gasteiger partial charge < -0.3 is 14.6 Å². The Hall–Kier alpha value is -3.30. The molecule has 33 heavy (non-hydrogen) atoms. The van der Waals surface area contributed by atoms with Crippen LogP contribution >= 0.6 is 23.4 Å². The van der Waals surface area contributed by atoms with Gasteiger partial charge in [0.2, 0.25) is 0 Å². The Bertz CT molecular complexity index is 1300. The number of carbonyl (C=O) groups excluding carboxylic acids is 2. The molecule has 0 atom stereocenters. The molecule has 0 unspecified atom stereocenters. The SMILES string of the molecule is Cc1cc(NC(=O)COC(=O)CSc2nc3cc(Cl)ccc3n2Cc2ccccc2)n(C)n1. The Labute approximate surface area is 199 Å². The van der Waals surface area contributed by atoms with Gasteiger partial charge in [0.05, 0.1) is 29.0 Å². The number of hydrogen-bond acceptors (Lipinski definition) is 6. The summed E-state index contributed by atoms with van der Waals surface area (Å²) in [5.41, 5.74) is 3.56. The summed E-state index contributed by atoms with van der Waals surface area (Å²) in [4.78, 5) is 29.0. The molecule has 0 radical (unpaired) electrons. The third-order valence-electron chi connectivity index (χ3n) is 4.81.